The first-order valence-electron chi connectivity index (χ1n) is 8.00. The van der Waals surface area contributed by atoms with Crippen LogP contribution in [0.3, 0.4) is 0 Å². The number of benzene rings is 1. The van der Waals surface area contributed by atoms with Crippen molar-refractivity contribution in [2.45, 2.75) is 50.6 Å². The van der Waals surface area contributed by atoms with E-state index in [2.05, 4.69) is 0 Å². The van der Waals surface area contributed by atoms with Gasteiger partial charge in [0, 0.05) is 24.5 Å². The quantitative estimate of drug-likeness (QED) is 0.933. The molecule has 1 aromatic carbocycles. The minimum atomic E-state index is -0.457. The van der Waals surface area contributed by atoms with E-state index >= 15 is 0 Å². The second kappa shape index (κ2) is 5.95. The molecule has 1 aliphatic carbocycles. The third-order valence-corrected chi connectivity index (χ3v) is 4.90. The fraction of sp³-hybridized carbons (Fsp3) is 0.588. The third kappa shape index (κ3) is 2.86. The average molecular weight is 308 g/mol. The highest BCUT2D eigenvalue weighted by Crippen LogP contribution is 2.50. The lowest BCUT2D eigenvalue weighted by molar-refractivity contribution is -0.136. The molecule has 4 unspecified atom stereocenters. The maximum absolute atomic E-state index is 13.8. The van der Waals surface area contributed by atoms with Crippen LogP contribution >= 0.6 is 0 Å². The molecular formula is C17H22F2N2O. The van der Waals surface area contributed by atoms with Crippen molar-refractivity contribution in [2.24, 2.45) is 11.7 Å². The lowest BCUT2D eigenvalue weighted by Gasteiger charge is -2.38. The topological polar surface area (TPSA) is 46.3 Å². The fourth-order valence-corrected chi connectivity index (χ4v) is 3.60. The Balaban J connectivity index is 1.73. The molecule has 0 spiro atoms. The second-order valence-corrected chi connectivity index (χ2v) is 6.57. The van der Waals surface area contributed by atoms with Gasteiger partial charge < -0.3 is 10.6 Å². The van der Waals surface area contributed by atoms with Gasteiger partial charge in [-0.2, -0.15) is 0 Å². The molecule has 0 bridgehead atoms. The molecule has 0 radical (unpaired) electrons. The monoisotopic (exact) mass is 308 g/mol. The summed E-state index contributed by atoms with van der Waals surface area (Å²) in [6, 6.07) is 3.46. The number of rotatable bonds is 3. The van der Waals surface area contributed by atoms with Crippen molar-refractivity contribution in [3.05, 3.63) is 35.4 Å². The molecule has 0 aromatic heterocycles. The van der Waals surface area contributed by atoms with Crippen LogP contribution in [0, 0.1) is 17.6 Å². The molecule has 1 aromatic rings. The normalized spacial score (nSPS) is 29.3. The number of nitrogens with zero attached hydrogens (tertiary/aromatic N) is 1. The maximum Gasteiger partial charge on any atom is 0.226 e. The molecule has 2 N–H and O–H groups in total. The van der Waals surface area contributed by atoms with Gasteiger partial charge in [-0.05, 0) is 62.3 Å². The number of carbonyl (C=O) groups excluding carboxylic acids is 1. The Kier molecular flexibility index (Phi) is 4.17. The number of amides is 1. The lowest BCUT2D eigenvalue weighted by atomic mass is 9.96. The number of likely N-dealkylation sites (tertiary alicyclic amines) is 1. The van der Waals surface area contributed by atoms with Crippen LogP contribution in [-0.2, 0) is 4.79 Å². The molecule has 4 atom stereocenters. The standard InChI is InChI=1S/C17H22F2N2O/c1-10(20)16-4-2-3-7-21(16)17(22)14-9-12(14)13-8-11(18)5-6-15(13)19/h5-6,8,10,12,14,16H,2-4,7,9,20H2,1H3. The van der Waals surface area contributed by atoms with Crippen LogP contribution in [0.4, 0.5) is 8.78 Å². The SMILES string of the molecule is CC(N)C1CCCCN1C(=O)C1CC1c1cc(F)ccc1F. The molecule has 5 heteroatoms. The highest BCUT2D eigenvalue weighted by Gasteiger charge is 2.48. The summed E-state index contributed by atoms with van der Waals surface area (Å²) in [6.07, 6.45) is 3.60. The van der Waals surface area contributed by atoms with Crippen LogP contribution in [0.15, 0.2) is 18.2 Å². The lowest BCUT2D eigenvalue weighted by Crippen LogP contribution is -2.52. The van der Waals surface area contributed by atoms with Gasteiger partial charge in [0.1, 0.15) is 11.6 Å². The summed E-state index contributed by atoms with van der Waals surface area (Å²) in [6.45, 7) is 2.65. The van der Waals surface area contributed by atoms with E-state index in [4.69, 9.17) is 5.73 Å². The minimum Gasteiger partial charge on any atom is -0.338 e. The first-order chi connectivity index (χ1) is 10.5. The van der Waals surface area contributed by atoms with Gasteiger partial charge in [-0.3, -0.25) is 4.79 Å². The van der Waals surface area contributed by atoms with Crippen molar-refractivity contribution in [1.82, 2.24) is 4.90 Å². The maximum atomic E-state index is 13.8. The van der Waals surface area contributed by atoms with E-state index in [1.54, 1.807) is 0 Å². The Morgan fingerprint density at radius 3 is 2.86 bits per heavy atom. The van der Waals surface area contributed by atoms with E-state index in [1.165, 1.54) is 6.07 Å². The smallest absolute Gasteiger partial charge is 0.226 e. The van der Waals surface area contributed by atoms with Crippen molar-refractivity contribution in [2.75, 3.05) is 6.54 Å². The van der Waals surface area contributed by atoms with Gasteiger partial charge in [0.15, 0.2) is 0 Å². The molecule has 1 saturated heterocycles. The second-order valence-electron chi connectivity index (χ2n) is 6.57. The summed E-state index contributed by atoms with van der Waals surface area (Å²) in [5, 5.41) is 0. The predicted molar refractivity (Wildman–Crippen MR) is 80.2 cm³/mol. The Labute approximate surface area is 129 Å². The summed E-state index contributed by atoms with van der Waals surface area (Å²) in [5.74, 6) is -1.25. The van der Waals surface area contributed by atoms with Crippen LogP contribution < -0.4 is 5.73 Å². The van der Waals surface area contributed by atoms with E-state index < -0.39 is 11.6 Å². The summed E-state index contributed by atoms with van der Waals surface area (Å²) in [5.41, 5.74) is 6.33. The summed E-state index contributed by atoms with van der Waals surface area (Å²) >= 11 is 0. The highest BCUT2D eigenvalue weighted by atomic mass is 19.1. The van der Waals surface area contributed by atoms with Crippen LogP contribution in [0.25, 0.3) is 0 Å². The van der Waals surface area contributed by atoms with E-state index in [1.807, 2.05) is 11.8 Å². The number of piperidine rings is 1. The molecule has 1 heterocycles. The molecule has 3 nitrogen and oxygen atoms in total. The number of carbonyl (C=O) groups is 1. The predicted octanol–water partition coefficient (Wildman–Crippen LogP) is 2.80. The van der Waals surface area contributed by atoms with Crippen molar-refractivity contribution >= 4 is 5.91 Å². The zero-order chi connectivity index (χ0) is 15.9. The van der Waals surface area contributed by atoms with Crippen molar-refractivity contribution < 1.29 is 13.6 Å². The van der Waals surface area contributed by atoms with Gasteiger partial charge in [0.25, 0.3) is 0 Å². The molecule has 120 valence electrons. The highest BCUT2D eigenvalue weighted by molar-refractivity contribution is 5.83. The van der Waals surface area contributed by atoms with Gasteiger partial charge in [0.05, 0.1) is 0 Å². The van der Waals surface area contributed by atoms with Gasteiger partial charge in [-0.1, -0.05) is 0 Å². The molecule has 2 aliphatic rings. The number of hydrogen-bond acceptors (Lipinski definition) is 2. The summed E-state index contributed by atoms with van der Waals surface area (Å²) in [7, 11) is 0. The van der Waals surface area contributed by atoms with Gasteiger partial charge >= 0.3 is 0 Å². The number of hydrogen-bond donors (Lipinski definition) is 1. The Hall–Kier alpha value is -1.49. The Bertz CT molecular complexity index is 576. The molecule has 2 fully saturated rings. The Morgan fingerprint density at radius 1 is 1.36 bits per heavy atom. The van der Waals surface area contributed by atoms with Gasteiger partial charge in [0.2, 0.25) is 5.91 Å². The molecule has 1 aliphatic heterocycles. The van der Waals surface area contributed by atoms with Crippen molar-refractivity contribution in [3.63, 3.8) is 0 Å². The van der Waals surface area contributed by atoms with Crippen LogP contribution in [-0.4, -0.2) is 29.4 Å². The van der Waals surface area contributed by atoms with Crippen LogP contribution in [0.2, 0.25) is 0 Å². The van der Waals surface area contributed by atoms with Gasteiger partial charge in [-0.15, -0.1) is 0 Å². The van der Waals surface area contributed by atoms with E-state index in [-0.39, 0.29) is 29.8 Å². The number of halogens is 2. The first kappa shape index (κ1) is 15.4. The largest absolute Gasteiger partial charge is 0.338 e. The van der Waals surface area contributed by atoms with Crippen molar-refractivity contribution in [3.8, 4) is 0 Å². The molecule has 1 saturated carbocycles. The van der Waals surface area contributed by atoms with Gasteiger partial charge in [-0.25, -0.2) is 8.78 Å². The Morgan fingerprint density at radius 2 is 2.14 bits per heavy atom. The molecule has 1 amide bonds. The summed E-state index contributed by atoms with van der Waals surface area (Å²) in [4.78, 5) is 14.6. The molecule has 3 rings (SSSR count). The first-order valence-corrected chi connectivity index (χ1v) is 8.00. The van der Waals surface area contributed by atoms with Crippen LogP contribution in [0.5, 0.6) is 0 Å². The van der Waals surface area contributed by atoms with E-state index in [9.17, 15) is 13.6 Å². The minimum absolute atomic E-state index is 0.0515. The van der Waals surface area contributed by atoms with E-state index in [0.29, 0.717) is 12.0 Å². The van der Waals surface area contributed by atoms with Crippen molar-refractivity contribution in [1.29, 1.82) is 0 Å². The molecule has 22 heavy (non-hydrogen) atoms. The fourth-order valence-electron chi connectivity index (χ4n) is 3.60. The average Bonchev–Trinajstić information content (AvgIpc) is 3.29. The third-order valence-electron chi connectivity index (χ3n) is 4.90. The summed E-state index contributed by atoms with van der Waals surface area (Å²) < 4.78 is 27.1. The number of nitrogens with two attached hydrogens (primary N) is 1. The zero-order valence-corrected chi connectivity index (χ0v) is 12.8. The van der Waals surface area contributed by atoms with Crippen LogP contribution in [0.1, 0.15) is 44.1 Å². The zero-order valence-electron chi connectivity index (χ0n) is 12.8. The van der Waals surface area contributed by atoms with E-state index in [0.717, 1.165) is 37.9 Å². The molecular weight excluding hydrogens is 286 g/mol.